The molecule has 1 aromatic carbocycles. The molecule has 1 aromatic rings. The van der Waals surface area contributed by atoms with E-state index in [9.17, 15) is 8.78 Å². The van der Waals surface area contributed by atoms with Crippen LogP contribution in [0.15, 0.2) is 17.1 Å². The molecule has 3 saturated heterocycles. The van der Waals surface area contributed by atoms with Crippen LogP contribution in [0.5, 0.6) is 5.75 Å². The van der Waals surface area contributed by atoms with Gasteiger partial charge >= 0.3 is 6.61 Å². The van der Waals surface area contributed by atoms with Gasteiger partial charge in [-0.15, -0.1) is 24.0 Å². The molecule has 1 unspecified atom stereocenters. The molecular weight excluding hydrogens is 526 g/mol. The van der Waals surface area contributed by atoms with Crippen molar-refractivity contribution in [2.24, 2.45) is 4.99 Å². The maximum Gasteiger partial charge on any atom is 0.387 e. The second-order valence-corrected chi connectivity index (χ2v) is 7.40. The number of piperazine rings is 3. The molecule has 0 spiro atoms. The Kier molecular flexibility index (Phi) is 9.26. The molecule has 2 bridgehead atoms. The van der Waals surface area contributed by atoms with E-state index < -0.39 is 6.61 Å². The van der Waals surface area contributed by atoms with E-state index in [1.807, 2.05) is 0 Å². The van der Waals surface area contributed by atoms with Crippen LogP contribution >= 0.6 is 47.2 Å². The van der Waals surface area contributed by atoms with Gasteiger partial charge in [-0.25, -0.2) is 0 Å². The predicted molar refractivity (Wildman–Crippen MR) is 119 cm³/mol. The molecule has 0 saturated carbocycles. The van der Waals surface area contributed by atoms with Crippen LogP contribution in [0.2, 0.25) is 10.0 Å². The van der Waals surface area contributed by atoms with Crippen molar-refractivity contribution in [3.8, 4) is 5.75 Å². The Balaban J connectivity index is 0.00000280. The predicted octanol–water partition coefficient (Wildman–Crippen LogP) is 2.88. The molecule has 3 heterocycles. The third kappa shape index (κ3) is 6.19. The number of hydrogen-bond donors (Lipinski definition) is 2. The number of nitrogens with zero attached hydrogens (tertiary/aromatic N) is 3. The van der Waals surface area contributed by atoms with Crippen molar-refractivity contribution >= 4 is 53.1 Å². The van der Waals surface area contributed by atoms with E-state index in [1.54, 1.807) is 13.1 Å². The van der Waals surface area contributed by atoms with E-state index in [2.05, 4.69) is 30.2 Å². The van der Waals surface area contributed by atoms with Crippen molar-refractivity contribution in [1.82, 2.24) is 20.4 Å². The highest BCUT2D eigenvalue weighted by molar-refractivity contribution is 14.0. The summed E-state index contributed by atoms with van der Waals surface area (Å²) in [6.07, 6.45) is 0. The highest BCUT2D eigenvalue weighted by Gasteiger charge is 2.31. The van der Waals surface area contributed by atoms with E-state index in [1.165, 1.54) is 6.07 Å². The number of benzene rings is 1. The highest BCUT2D eigenvalue weighted by Crippen LogP contribution is 2.33. The van der Waals surface area contributed by atoms with E-state index in [-0.39, 0.29) is 41.3 Å². The lowest BCUT2D eigenvalue weighted by Crippen LogP contribution is -2.63. The van der Waals surface area contributed by atoms with Crippen LogP contribution in [0, 0.1) is 0 Å². The topological polar surface area (TPSA) is 52.1 Å². The first-order valence-corrected chi connectivity index (χ1v) is 9.55. The summed E-state index contributed by atoms with van der Waals surface area (Å²) < 4.78 is 29.9. The van der Waals surface area contributed by atoms with Crippen molar-refractivity contribution in [3.63, 3.8) is 0 Å². The molecule has 158 valence electrons. The Morgan fingerprint density at radius 2 is 1.96 bits per heavy atom. The maximum atomic E-state index is 12.7. The number of aliphatic imine (C=N–C) groups is 1. The Bertz CT molecular complexity index is 690. The SMILES string of the molecule is CN=C(NCc1cc(Cl)cc(Cl)c1OC(F)F)NCC1CN2CCN1CC2.I. The van der Waals surface area contributed by atoms with Crippen LogP contribution in [0.3, 0.4) is 0 Å². The molecule has 0 amide bonds. The molecule has 0 aromatic heterocycles. The average molecular weight is 550 g/mol. The summed E-state index contributed by atoms with van der Waals surface area (Å²) in [5, 5.41) is 6.79. The summed E-state index contributed by atoms with van der Waals surface area (Å²) in [6.45, 7) is 3.47. The monoisotopic (exact) mass is 549 g/mol. The first kappa shape index (κ1) is 23.7. The van der Waals surface area contributed by atoms with Gasteiger partial charge in [0, 0.05) is 69.5 Å². The van der Waals surface area contributed by atoms with Gasteiger partial charge in [-0.05, 0) is 12.1 Å². The van der Waals surface area contributed by atoms with E-state index in [0.29, 0.717) is 22.6 Å². The normalized spacial score (nSPS) is 24.1. The van der Waals surface area contributed by atoms with Gasteiger partial charge in [0.15, 0.2) is 5.96 Å². The zero-order valence-electron chi connectivity index (χ0n) is 15.4. The molecule has 11 heteroatoms. The molecule has 2 N–H and O–H groups in total. The van der Waals surface area contributed by atoms with Gasteiger partial charge in [0.25, 0.3) is 0 Å². The standard InChI is InChI=1S/C17H23Cl2F2N5O.HI/c1-22-17(24-9-13-10-25-2-4-26(13)5-3-25)23-8-11-6-12(18)7-14(19)15(11)27-16(20)21;/h6-7,13,16H,2-5,8-10H2,1H3,(H2,22,23,24);1H. The van der Waals surface area contributed by atoms with Crippen molar-refractivity contribution in [3.05, 3.63) is 27.7 Å². The van der Waals surface area contributed by atoms with Crippen LogP contribution < -0.4 is 15.4 Å². The number of hydrogen-bond acceptors (Lipinski definition) is 4. The fraction of sp³-hybridized carbons (Fsp3) is 0.588. The largest absolute Gasteiger partial charge is 0.433 e. The van der Waals surface area contributed by atoms with Crippen LogP contribution in [-0.2, 0) is 6.54 Å². The van der Waals surface area contributed by atoms with E-state index >= 15 is 0 Å². The number of nitrogens with one attached hydrogen (secondary N) is 2. The molecule has 28 heavy (non-hydrogen) atoms. The Morgan fingerprint density at radius 3 is 2.54 bits per heavy atom. The van der Waals surface area contributed by atoms with Crippen molar-refractivity contribution in [1.29, 1.82) is 0 Å². The molecular formula is C17H24Cl2F2IN5O. The fourth-order valence-corrected chi connectivity index (χ4v) is 4.08. The number of halogens is 5. The van der Waals surface area contributed by atoms with Crippen LogP contribution in [0.4, 0.5) is 8.78 Å². The zero-order chi connectivity index (χ0) is 19.4. The minimum Gasteiger partial charge on any atom is -0.433 e. The summed E-state index contributed by atoms with van der Waals surface area (Å²) in [4.78, 5) is 9.13. The summed E-state index contributed by atoms with van der Waals surface area (Å²) in [5.41, 5.74) is 0.433. The molecule has 3 fully saturated rings. The van der Waals surface area contributed by atoms with Crippen LogP contribution in [0.1, 0.15) is 5.56 Å². The molecule has 1 atom stereocenters. The average Bonchev–Trinajstić information content (AvgIpc) is 2.65. The Morgan fingerprint density at radius 1 is 1.25 bits per heavy atom. The van der Waals surface area contributed by atoms with Gasteiger partial charge in [0.05, 0.1) is 5.02 Å². The van der Waals surface area contributed by atoms with Crippen molar-refractivity contribution in [2.45, 2.75) is 19.2 Å². The number of alkyl halides is 2. The molecule has 3 aliphatic rings. The second-order valence-electron chi connectivity index (χ2n) is 6.55. The molecule has 3 aliphatic heterocycles. The highest BCUT2D eigenvalue weighted by atomic mass is 127. The summed E-state index contributed by atoms with van der Waals surface area (Å²) in [6, 6.07) is 3.36. The zero-order valence-corrected chi connectivity index (χ0v) is 19.3. The smallest absolute Gasteiger partial charge is 0.387 e. The molecule has 0 radical (unpaired) electrons. The minimum absolute atomic E-state index is 0. The summed E-state index contributed by atoms with van der Waals surface area (Å²) >= 11 is 12.0. The number of guanidine groups is 1. The van der Waals surface area contributed by atoms with Crippen LogP contribution in [-0.4, -0.2) is 74.7 Å². The van der Waals surface area contributed by atoms with Gasteiger partial charge in [0.1, 0.15) is 5.75 Å². The Hall–Kier alpha value is -0.620. The van der Waals surface area contributed by atoms with Gasteiger partial charge in [0.2, 0.25) is 0 Å². The minimum atomic E-state index is -2.97. The number of rotatable bonds is 6. The lowest BCUT2D eigenvalue weighted by atomic mass is 10.1. The number of fused-ring (bicyclic) bond motifs is 3. The quantitative estimate of drug-likeness (QED) is 0.325. The Labute approximate surface area is 190 Å². The van der Waals surface area contributed by atoms with Gasteiger partial charge < -0.3 is 15.4 Å². The van der Waals surface area contributed by atoms with Crippen molar-refractivity contribution in [2.75, 3.05) is 46.3 Å². The third-order valence-corrected chi connectivity index (χ3v) is 5.36. The molecule has 4 rings (SSSR count). The second kappa shape index (κ2) is 11.0. The van der Waals surface area contributed by atoms with E-state index in [0.717, 1.165) is 39.3 Å². The van der Waals surface area contributed by atoms with Gasteiger partial charge in [-0.3, -0.25) is 14.8 Å². The van der Waals surface area contributed by atoms with E-state index in [4.69, 9.17) is 23.2 Å². The summed E-state index contributed by atoms with van der Waals surface area (Å²) in [7, 11) is 1.66. The van der Waals surface area contributed by atoms with Gasteiger partial charge in [-0.1, -0.05) is 23.2 Å². The summed E-state index contributed by atoms with van der Waals surface area (Å²) in [5.74, 6) is 0.495. The first-order valence-electron chi connectivity index (χ1n) is 8.80. The lowest BCUT2D eigenvalue weighted by Gasteiger charge is -2.47. The molecule has 6 nitrogen and oxygen atoms in total. The third-order valence-electron chi connectivity index (χ3n) is 4.86. The van der Waals surface area contributed by atoms with Crippen molar-refractivity contribution < 1.29 is 13.5 Å². The number of ether oxygens (including phenoxy) is 1. The first-order chi connectivity index (χ1) is 13.0. The van der Waals surface area contributed by atoms with Crippen LogP contribution in [0.25, 0.3) is 0 Å². The lowest BCUT2D eigenvalue weighted by molar-refractivity contribution is -0.0504. The van der Waals surface area contributed by atoms with Gasteiger partial charge in [-0.2, -0.15) is 8.78 Å². The maximum absolute atomic E-state index is 12.7. The fourth-order valence-electron chi connectivity index (χ4n) is 3.50. The molecule has 0 aliphatic carbocycles.